The zero-order valence-corrected chi connectivity index (χ0v) is 13.5. The minimum atomic E-state index is 0.881. The molecule has 2 fully saturated rings. The SMILES string of the molecule is CCC1CCC(N2CCN(Cc3ccccc3)CC2)CC1. The Kier molecular flexibility index (Phi) is 5.32. The van der Waals surface area contributed by atoms with Crippen molar-refractivity contribution in [1.82, 2.24) is 9.80 Å². The van der Waals surface area contributed by atoms with Gasteiger partial charge in [-0.1, -0.05) is 43.7 Å². The molecule has 1 aliphatic heterocycles. The summed E-state index contributed by atoms with van der Waals surface area (Å²) in [6.07, 6.45) is 7.20. The quantitative estimate of drug-likeness (QED) is 0.831. The van der Waals surface area contributed by atoms with Crippen LogP contribution in [-0.4, -0.2) is 42.0 Å². The lowest BCUT2D eigenvalue weighted by Gasteiger charge is -2.42. The number of nitrogens with zero attached hydrogens (tertiary/aromatic N) is 2. The van der Waals surface area contributed by atoms with Gasteiger partial charge >= 0.3 is 0 Å². The van der Waals surface area contributed by atoms with E-state index < -0.39 is 0 Å². The van der Waals surface area contributed by atoms with Crippen LogP contribution in [0.2, 0.25) is 0 Å². The van der Waals surface area contributed by atoms with Gasteiger partial charge in [0.2, 0.25) is 0 Å². The summed E-state index contributed by atoms with van der Waals surface area (Å²) >= 11 is 0. The van der Waals surface area contributed by atoms with E-state index in [1.807, 2.05) is 0 Å². The van der Waals surface area contributed by atoms with Crippen LogP contribution in [0.25, 0.3) is 0 Å². The molecule has 1 saturated carbocycles. The molecule has 0 bridgehead atoms. The second-order valence-corrected chi connectivity index (χ2v) is 6.88. The highest BCUT2D eigenvalue weighted by atomic mass is 15.3. The van der Waals surface area contributed by atoms with Gasteiger partial charge in [0, 0.05) is 38.8 Å². The van der Waals surface area contributed by atoms with Crippen LogP contribution < -0.4 is 0 Å². The third-order valence-electron chi connectivity index (χ3n) is 5.57. The third kappa shape index (κ3) is 4.08. The van der Waals surface area contributed by atoms with E-state index in [1.165, 1.54) is 63.8 Å². The van der Waals surface area contributed by atoms with E-state index in [4.69, 9.17) is 0 Å². The largest absolute Gasteiger partial charge is 0.298 e. The van der Waals surface area contributed by atoms with Gasteiger partial charge in [-0.25, -0.2) is 0 Å². The second-order valence-electron chi connectivity index (χ2n) is 6.88. The maximum Gasteiger partial charge on any atom is 0.0234 e. The van der Waals surface area contributed by atoms with Crippen molar-refractivity contribution in [2.75, 3.05) is 26.2 Å². The Morgan fingerprint density at radius 2 is 1.57 bits per heavy atom. The first-order valence-corrected chi connectivity index (χ1v) is 8.85. The van der Waals surface area contributed by atoms with Gasteiger partial charge in [-0.05, 0) is 37.2 Å². The van der Waals surface area contributed by atoms with Crippen molar-refractivity contribution in [2.45, 2.75) is 51.6 Å². The van der Waals surface area contributed by atoms with Crippen molar-refractivity contribution in [3.8, 4) is 0 Å². The van der Waals surface area contributed by atoms with E-state index in [2.05, 4.69) is 47.1 Å². The fraction of sp³-hybridized carbons (Fsp3) is 0.684. The van der Waals surface area contributed by atoms with Crippen molar-refractivity contribution < 1.29 is 0 Å². The lowest BCUT2D eigenvalue weighted by atomic mass is 9.84. The van der Waals surface area contributed by atoms with E-state index >= 15 is 0 Å². The molecular formula is C19H30N2. The summed E-state index contributed by atoms with van der Waals surface area (Å²) in [7, 11) is 0. The minimum absolute atomic E-state index is 0.881. The molecule has 1 aromatic carbocycles. The number of benzene rings is 1. The maximum atomic E-state index is 2.77. The van der Waals surface area contributed by atoms with Gasteiger partial charge < -0.3 is 0 Å². The Morgan fingerprint density at radius 1 is 0.905 bits per heavy atom. The Balaban J connectivity index is 1.43. The van der Waals surface area contributed by atoms with Crippen LogP contribution in [0, 0.1) is 5.92 Å². The van der Waals surface area contributed by atoms with E-state index in [0.717, 1.165) is 18.5 Å². The molecule has 0 amide bonds. The van der Waals surface area contributed by atoms with Crippen LogP contribution in [0.1, 0.15) is 44.6 Å². The first kappa shape index (κ1) is 15.1. The molecule has 3 rings (SSSR count). The average Bonchev–Trinajstić information content (AvgIpc) is 2.57. The smallest absolute Gasteiger partial charge is 0.0234 e. The van der Waals surface area contributed by atoms with E-state index in [-0.39, 0.29) is 0 Å². The topological polar surface area (TPSA) is 6.48 Å². The molecule has 1 aliphatic carbocycles. The lowest BCUT2D eigenvalue weighted by Crippen LogP contribution is -2.50. The second kappa shape index (κ2) is 7.42. The molecule has 0 atom stereocenters. The summed E-state index contributed by atoms with van der Waals surface area (Å²) in [6, 6.07) is 11.8. The summed E-state index contributed by atoms with van der Waals surface area (Å²) in [5.41, 5.74) is 1.45. The molecule has 1 saturated heterocycles. The number of hydrogen-bond acceptors (Lipinski definition) is 2. The molecule has 2 aliphatic rings. The number of hydrogen-bond donors (Lipinski definition) is 0. The Hall–Kier alpha value is -0.860. The van der Waals surface area contributed by atoms with Crippen LogP contribution in [0.5, 0.6) is 0 Å². The van der Waals surface area contributed by atoms with E-state index in [1.54, 1.807) is 0 Å². The van der Waals surface area contributed by atoms with Crippen molar-refractivity contribution >= 4 is 0 Å². The summed E-state index contributed by atoms with van der Waals surface area (Å²) in [5.74, 6) is 1.01. The normalized spacial score (nSPS) is 28.6. The van der Waals surface area contributed by atoms with Crippen molar-refractivity contribution in [3.05, 3.63) is 35.9 Å². The molecule has 0 aromatic heterocycles. The van der Waals surface area contributed by atoms with Gasteiger partial charge in [-0.15, -0.1) is 0 Å². The fourth-order valence-corrected chi connectivity index (χ4v) is 4.05. The molecule has 1 heterocycles. The molecule has 21 heavy (non-hydrogen) atoms. The zero-order chi connectivity index (χ0) is 14.5. The first-order chi connectivity index (χ1) is 10.3. The molecular weight excluding hydrogens is 256 g/mol. The Labute approximate surface area is 130 Å². The van der Waals surface area contributed by atoms with Crippen molar-refractivity contribution in [2.24, 2.45) is 5.92 Å². The maximum absolute atomic E-state index is 2.77. The highest BCUT2D eigenvalue weighted by molar-refractivity contribution is 5.14. The van der Waals surface area contributed by atoms with Gasteiger partial charge in [-0.2, -0.15) is 0 Å². The molecule has 2 nitrogen and oxygen atoms in total. The van der Waals surface area contributed by atoms with Gasteiger partial charge in [0.25, 0.3) is 0 Å². The molecule has 0 radical (unpaired) electrons. The van der Waals surface area contributed by atoms with Crippen molar-refractivity contribution in [1.29, 1.82) is 0 Å². The molecule has 1 aromatic rings. The van der Waals surface area contributed by atoms with E-state index in [9.17, 15) is 0 Å². The fourth-order valence-electron chi connectivity index (χ4n) is 4.05. The molecule has 2 heteroatoms. The minimum Gasteiger partial charge on any atom is -0.298 e. The number of piperazine rings is 1. The standard InChI is InChI=1S/C19H30N2/c1-2-17-8-10-19(11-9-17)21-14-12-20(13-15-21)16-18-6-4-3-5-7-18/h3-7,17,19H,2,8-16H2,1H3. The zero-order valence-electron chi connectivity index (χ0n) is 13.5. The lowest BCUT2D eigenvalue weighted by molar-refractivity contribution is 0.0670. The van der Waals surface area contributed by atoms with Gasteiger partial charge in [-0.3, -0.25) is 9.80 Å². The van der Waals surface area contributed by atoms with Gasteiger partial charge in [0.05, 0.1) is 0 Å². The molecule has 0 N–H and O–H groups in total. The molecule has 0 unspecified atom stereocenters. The Bertz CT molecular complexity index is 401. The van der Waals surface area contributed by atoms with Gasteiger partial charge in [0.15, 0.2) is 0 Å². The van der Waals surface area contributed by atoms with Crippen LogP contribution in [0.3, 0.4) is 0 Å². The summed E-state index contributed by atoms with van der Waals surface area (Å²) in [6.45, 7) is 8.50. The third-order valence-corrected chi connectivity index (χ3v) is 5.57. The first-order valence-electron chi connectivity index (χ1n) is 8.85. The van der Waals surface area contributed by atoms with Crippen LogP contribution in [0.15, 0.2) is 30.3 Å². The highest BCUT2D eigenvalue weighted by Gasteiger charge is 2.27. The number of rotatable bonds is 4. The summed E-state index contributed by atoms with van der Waals surface area (Å²) in [4.78, 5) is 5.39. The summed E-state index contributed by atoms with van der Waals surface area (Å²) < 4.78 is 0. The molecule has 116 valence electrons. The predicted molar refractivity (Wildman–Crippen MR) is 89.3 cm³/mol. The predicted octanol–water partition coefficient (Wildman–Crippen LogP) is 3.77. The molecule has 0 spiro atoms. The van der Waals surface area contributed by atoms with Crippen LogP contribution in [-0.2, 0) is 6.54 Å². The van der Waals surface area contributed by atoms with Crippen LogP contribution >= 0.6 is 0 Å². The van der Waals surface area contributed by atoms with Gasteiger partial charge in [0.1, 0.15) is 0 Å². The Morgan fingerprint density at radius 3 is 2.19 bits per heavy atom. The van der Waals surface area contributed by atoms with Crippen molar-refractivity contribution in [3.63, 3.8) is 0 Å². The average molecular weight is 286 g/mol. The monoisotopic (exact) mass is 286 g/mol. The van der Waals surface area contributed by atoms with Crippen LogP contribution in [0.4, 0.5) is 0 Å². The van der Waals surface area contributed by atoms with E-state index in [0.29, 0.717) is 0 Å². The highest BCUT2D eigenvalue weighted by Crippen LogP contribution is 2.29. The summed E-state index contributed by atoms with van der Waals surface area (Å²) in [5, 5.41) is 0.